The summed E-state index contributed by atoms with van der Waals surface area (Å²) < 4.78 is 7.88. The summed E-state index contributed by atoms with van der Waals surface area (Å²) in [6, 6.07) is 10.5. The third-order valence-corrected chi connectivity index (χ3v) is 5.76. The van der Waals surface area contributed by atoms with Gasteiger partial charge >= 0.3 is 0 Å². The van der Waals surface area contributed by atoms with E-state index in [0.29, 0.717) is 19.7 Å². The molecule has 138 valence electrons. The van der Waals surface area contributed by atoms with E-state index in [0.717, 1.165) is 29.8 Å². The SMILES string of the molecule is Cc1nn(Cc2ccccc2)c(C)c1C(=O)N1CCO[C@@H]2CCCC[C@@H]21. The quantitative estimate of drug-likeness (QED) is 0.850. The van der Waals surface area contributed by atoms with E-state index in [9.17, 15) is 4.79 Å². The predicted octanol–water partition coefficient (Wildman–Crippen LogP) is 3.33. The molecule has 1 saturated heterocycles. The Kier molecular flexibility index (Phi) is 4.81. The summed E-state index contributed by atoms with van der Waals surface area (Å²) in [6.07, 6.45) is 4.71. The molecule has 2 fully saturated rings. The van der Waals surface area contributed by atoms with E-state index in [1.54, 1.807) is 0 Å². The van der Waals surface area contributed by atoms with E-state index >= 15 is 0 Å². The van der Waals surface area contributed by atoms with Gasteiger partial charge in [-0.3, -0.25) is 9.48 Å². The molecule has 0 unspecified atom stereocenters. The van der Waals surface area contributed by atoms with Crippen molar-refractivity contribution >= 4 is 5.91 Å². The summed E-state index contributed by atoms with van der Waals surface area (Å²) in [5.41, 5.74) is 3.74. The van der Waals surface area contributed by atoms with Crippen molar-refractivity contribution in [2.45, 2.75) is 58.2 Å². The van der Waals surface area contributed by atoms with Crippen LogP contribution in [0.1, 0.15) is 53.0 Å². The average Bonchev–Trinajstić information content (AvgIpc) is 2.95. The average molecular weight is 353 g/mol. The fourth-order valence-electron chi connectivity index (χ4n) is 4.41. The number of morpholine rings is 1. The fourth-order valence-corrected chi connectivity index (χ4v) is 4.41. The Bertz CT molecular complexity index is 782. The zero-order valence-corrected chi connectivity index (χ0v) is 15.6. The number of fused-ring (bicyclic) bond motifs is 1. The number of aryl methyl sites for hydroxylation is 1. The molecule has 0 radical (unpaired) electrons. The molecule has 4 rings (SSSR count). The summed E-state index contributed by atoms with van der Waals surface area (Å²) in [4.78, 5) is 15.4. The van der Waals surface area contributed by atoms with Gasteiger partial charge in [0.15, 0.2) is 0 Å². The molecule has 1 aliphatic carbocycles. The summed E-state index contributed by atoms with van der Waals surface area (Å²) in [7, 11) is 0. The number of carbonyl (C=O) groups is 1. The van der Waals surface area contributed by atoms with Crippen LogP contribution in [0.5, 0.6) is 0 Å². The van der Waals surface area contributed by atoms with Crippen molar-refractivity contribution < 1.29 is 9.53 Å². The predicted molar refractivity (Wildman–Crippen MR) is 100 cm³/mol. The highest BCUT2D eigenvalue weighted by Gasteiger charge is 2.38. The van der Waals surface area contributed by atoms with Crippen LogP contribution < -0.4 is 0 Å². The number of nitrogens with zero attached hydrogens (tertiary/aromatic N) is 3. The minimum Gasteiger partial charge on any atom is -0.374 e. The van der Waals surface area contributed by atoms with Crippen molar-refractivity contribution in [1.82, 2.24) is 14.7 Å². The molecule has 2 aliphatic rings. The molecule has 2 aromatic rings. The van der Waals surface area contributed by atoms with Gasteiger partial charge in [-0.25, -0.2) is 0 Å². The van der Waals surface area contributed by atoms with Crippen molar-refractivity contribution in [2.24, 2.45) is 0 Å². The third-order valence-electron chi connectivity index (χ3n) is 5.76. The molecule has 1 amide bonds. The summed E-state index contributed by atoms with van der Waals surface area (Å²) >= 11 is 0. The second-order valence-corrected chi connectivity index (χ2v) is 7.45. The highest BCUT2D eigenvalue weighted by atomic mass is 16.5. The number of rotatable bonds is 3. The number of hydrogen-bond acceptors (Lipinski definition) is 3. The molecule has 26 heavy (non-hydrogen) atoms. The Hall–Kier alpha value is -2.14. The Balaban J connectivity index is 1.60. The van der Waals surface area contributed by atoms with Gasteiger partial charge in [0.2, 0.25) is 0 Å². The molecule has 1 aromatic carbocycles. The first kappa shape index (κ1) is 17.3. The summed E-state index contributed by atoms with van der Waals surface area (Å²) in [6.45, 7) is 5.97. The van der Waals surface area contributed by atoms with Crippen LogP contribution in [0.2, 0.25) is 0 Å². The van der Waals surface area contributed by atoms with Gasteiger partial charge in [0.25, 0.3) is 5.91 Å². The van der Waals surface area contributed by atoms with E-state index in [1.165, 1.54) is 18.4 Å². The van der Waals surface area contributed by atoms with Gasteiger partial charge in [0, 0.05) is 12.2 Å². The van der Waals surface area contributed by atoms with Gasteiger partial charge in [-0.05, 0) is 32.3 Å². The van der Waals surface area contributed by atoms with Crippen LogP contribution in [0.25, 0.3) is 0 Å². The van der Waals surface area contributed by atoms with Gasteiger partial charge in [0.05, 0.1) is 36.6 Å². The molecule has 1 aliphatic heterocycles. The summed E-state index contributed by atoms with van der Waals surface area (Å²) in [5, 5.41) is 4.66. The largest absolute Gasteiger partial charge is 0.374 e. The molecule has 2 atom stereocenters. The normalized spacial score (nSPS) is 22.9. The Morgan fingerprint density at radius 3 is 2.77 bits per heavy atom. The standard InChI is InChI=1S/C21H27N3O2/c1-15-20(16(2)24(22-15)14-17-8-4-3-5-9-17)21(25)23-12-13-26-19-11-7-6-10-18(19)23/h3-5,8-9,18-19H,6-7,10-14H2,1-2H3/t18-,19+/m0/s1. The Morgan fingerprint density at radius 1 is 1.19 bits per heavy atom. The maximum atomic E-state index is 13.4. The molecule has 0 bridgehead atoms. The lowest BCUT2D eigenvalue weighted by atomic mass is 9.89. The van der Waals surface area contributed by atoms with Crippen molar-refractivity contribution in [3.8, 4) is 0 Å². The first-order valence-corrected chi connectivity index (χ1v) is 9.65. The first-order valence-electron chi connectivity index (χ1n) is 9.65. The molecule has 1 saturated carbocycles. The molecule has 1 aromatic heterocycles. The second-order valence-electron chi connectivity index (χ2n) is 7.45. The van der Waals surface area contributed by atoms with E-state index in [-0.39, 0.29) is 18.1 Å². The topological polar surface area (TPSA) is 47.4 Å². The number of carbonyl (C=O) groups excluding carboxylic acids is 1. The fraction of sp³-hybridized carbons (Fsp3) is 0.524. The lowest BCUT2D eigenvalue weighted by molar-refractivity contribution is -0.0753. The van der Waals surface area contributed by atoms with Crippen LogP contribution in [0.15, 0.2) is 30.3 Å². The van der Waals surface area contributed by atoms with Crippen LogP contribution >= 0.6 is 0 Å². The Morgan fingerprint density at radius 2 is 1.96 bits per heavy atom. The highest BCUT2D eigenvalue weighted by Crippen LogP contribution is 2.30. The smallest absolute Gasteiger partial charge is 0.258 e. The van der Waals surface area contributed by atoms with Gasteiger partial charge < -0.3 is 9.64 Å². The van der Waals surface area contributed by atoms with E-state index < -0.39 is 0 Å². The zero-order chi connectivity index (χ0) is 18.1. The highest BCUT2D eigenvalue weighted by molar-refractivity contribution is 5.96. The maximum Gasteiger partial charge on any atom is 0.258 e. The lowest BCUT2D eigenvalue weighted by Crippen LogP contribution is -2.55. The third kappa shape index (κ3) is 3.16. The number of hydrogen-bond donors (Lipinski definition) is 0. The minimum atomic E-state index is 0.125. The zero-order valence-electron chi connectivity index (χ0n) is 15.6. The number of benzene rings is 1. The van der Waals surface area contributed by atoms with Crippen LogP contribution in [-0.2, 0) is 11.3 Å². The number of amides is 1. The molecule has 0 N–H and O–H groups in total. The summed E-state index contributed by atoms with van der Waals surface area (Å²) in [5.74, 6) is 0.125. The van der Waals surface area contributed by atoms with Crippen LogP contribution in [-0.4, -0.2) is 45.9 Å². The lowest BCUT2D eigenvalue weighted by Gasteiger charge is -2.43. The van der Waals surface area contributed by atoms with Crippen molar-refractivity contribution in [2.75, 3.05) is 13.2 Å². The van der Waals surface area contributed by atoms with Gasteiger partial charge in [-0.1, -0.05) is 43.2 Å². The van der Waals surface area contributed by atoms with Crippen LogP contribution in [0, 0.1) is 13.8 Å². The molecule has 0 spiro atoms. The van der Waals surface area contributed by atoms with E-state index in [4.69, 9.17) is 4.74 Å². The minimum absolute atomic E-state index is 0.125. The number of ether oxygens (including phenoxy) is 1. The van der Waals surface area contributed by atoms with Crippen molar-refractivity contribution in [3.63, 3.8) is 0 Å². The molecule has 5 heteroatoms. The van der Waals surface area contributed by atoms with Gasteiger partial charge in [-0.2, -0.15) is 5.10 Å². The Labute approximate surface area is 154 Å². The van der Waals surface area contributed by atoms with Crippen LogP contribution in [0.4, 0.5) is 0 Å². The van der Waals surface area contributed by atoms with Crippen molar-refractivity contribution in [3.05, 3.63) is 52.8 Å². The molecular weight excluding hydrogens is 326 g/mol. The molecule has 2 heterocycles. The molecule has 5 nitrogen and oxygen atoms in total. The van der Waals surface area contributed by atoms with Gasteiger partial charge in [0.1, 0.15) is 0 Å². The van der Waals surface area contributed by atoms with Crippen LogP contribution in [0.3, 0.4) is 0 Å². The van der Waals surface area contributed by atoms with Gasteiger partial charge in [-0.15, -0.1) is 0 Å². The number of aromatic nitrogens is 2. The van der Waals surface area contributed by atoms with Crippen molar-refractivity contribution in [1.29, 1.82) is 0 Å². The second kappa shape index (κ2) is 7.23. The van der Waals surface area contributed by atoms with E-state index in [2.05, 4.69) is 22.1 Å². The monoisotopic (exact) mass is 353 g/mol. The maximum absolute atomic E-state index is 13.4. The van der Waals surface area contributed by atoms with E-state index in [1.807, 2.05) is 36.7 Å². The first-order chi connectivity index (χ1) is 12.6. The molecular formula is C21H27N3O2.